The van der Waals surface area contributed by atoms with Gasteiger partial charge in [-0.3, -0.25) is 4.79 Å². The van der Waals surface area contributed by atoms with Crippen LogP contribution in [0.1, 0.15) is 75.8 Å². The topological polar surface area (TPSA) is 44.1 Å². The molecule has 190 valence electrons. The Bertz CT molecular complexity index is 983. The number of halogens is 3. The summed E-state index contributed by atoms with van der Waals surface area (Å²) in [5.74, 6) is 1.45. The number of alkyl halides is 3. The summed E-state index contributed by atoms with van der Waals surface area (Å²) in [5, 5.41) is 9.01. The molecule has 6 heteroatoms. The molecule has 1 aromatic carbocycles. The van der Waals surface area contributed by atoms with E-state index in [0.717, 1.165) is 50.5 Å². The van der Waals surface area contributed by atoms with Gasteiger partial charge in [-0.25, -0.2) is 0 Å². The van der Waals surface area contributed by atoms with E-state index in [2.05, 4.69) is 13.0 Å². The van der Waals surface area contributed by atoms with Crippen LogP contribution in [-0.4, -0.2) is 24.0 Å². The van der Waals surface area contributed by atoms with Gasteiger partial charge in [0.2, 0.25) is 5.91 Å². The van der Waals surface area contributed by atoms with Crippen LogP contribution in [0, 0.1) is 58.2 Å². The van der Waals surface area contributed by atoms with Crippen LogP contribution in [0.5, 0.6) is 0 Å². The van der Waals surface area contributed by atoms with E-state index in [4.69, 9.17) is 5.26 Å². The molecule has 4 aliphatic carbocycles. The zero-order chi connectivity index (χ0) is 25.0. The van der Waals surface area contributed by atoms with Crippen LogP contribution in [0.4, 0.5) is 13.2 Å². The SMILES string of the molecule is CN(Cc1ccc(C#N)cc1)C(=O)[C@H]1CCC2C3CCC4C[C@@H](C(F)(F)F)CCC4C3CCC21C. The van der Waals surface area contributed by atoms with Crippen molar-refractivity contribution in [2.45, 2.75) is 77.4 Å². The molecule has 6 unspecified atom stereocenters. The Labute approximate surface area is 207 Å². The zero-order valence-corrected chi connectivity index (χ0v) is 20.9. The Morgan fingerprint density at radius 2 is 1.74 bits per heavy atom. The van der Waals surface area contributed by atoms with E-state index in [9.17, 15) is 18.0 Å². The number of amides is 1. The van der Waals surface area contributed by atoms with Crippen LogP contribution in [0.2, 0.25) is 0 Å². The van der Waals surface area contributed by atoms with Crippen molar-refractivity contribution in [2.24, 2.45) is 46.8 Å². The Morgan fingerprint density at radius 3 is 2.43 bits per heavy atom. The Kier molecular flexibility index (Phi) is 6.43. The summed E-state index contributed by atoms with van der Waals surface area (Å²) in [5.41, 5.74) is 1.64. The van der Waals surface area contributed by atoms with E-state index in [1.165, 1.54) is 0 Å². The number of carbonyl (C=O) groups excluding carboxylic acids is 1. The highest BCUT2D eigenvalue weighted by molar-refractivity contribution is 5.80. The first-order valence-corrected chi connectivity index (χ1v) is 13.4. The third-order valence-corrected chi connectivity index (χ3v) is 10.6. The second-order valence-corrected chi connectivity index (χ2v) is 12.2. The van der Waals surface area contributed by atoms with E-state index in [-0.39, 0.29) is 23.2 Å². The van der Waals surface area contributed by atoms with Crippen LogP contribution in [0.3, 0.4) is 0 Å². The van der Waals surface area contributed by atoms with Gasteiger partial charge in [-0.05, 0) is 110 Å². The minimum atomic E-state index is -4.05. The molecule has 0 saturated heterocycles. The van der Waals surface area contributed by atoms with Crippen molar-refractivity contribution in [3.63, 3.8) is 0 Å². The average molecular weight is 487 g/mol. The smallest absolute Gasteiger partial charge is 0.341 e. The summed E-state index contributed by atoms with van der Waals surface area (Å²) in [6.07, 6.45) is 3.38. The van der Waals surface area contributed by atoms with Gasteiger partial charge in [-0.2, -0.15) is 18.4 Å². The fourth-order valence-electron chi connectivity index (χ4n) is 8.86. The van der Waals surface area contributed by atoms with Gasteiger partial charge in [0.1, 0.15) is 0 Å². The number of hydrogen-bond acceptors (Lipinski definition) is 2. The summed E-state index contributed by atoms with van der Waals surface area (Å²) in [6.45, 7) is 2.86. The second-order valence-electron chi connectivity index (χ2n) is 12.2. The van der Waals surface area contributed by atoms with Gasteiger partial charge in [0, 0.05) is 19.5 Å². The molecule has 1 aromatic rings. The fraction of sp³-hybridized carbons (Fsp3) is 0.724. The minimum absolute atomic E-state index is 0.00676. The maximum atomic E-state index is 13.6. The zero-order valence-electron chi connectivity index (χ0n) is 20.9. The van der Waals surface area contributed by atoms with Gasteiger partial charge in [0.25, 0.3) is 0 Å². The molecule has 35 heavy (non-hydrogen) atoms. The third-order valence-electron chi connectivity index (χ3n) is 10.6. The molecule has 0 heterocycles. The number of benzene rings is 1. The molecule has 0 spiro atoms. The molecule has 3 nitrogen and oxygen atoms in total. The van der Waals surface area contributed by atoms with Crippen molar-refractivity contribution < 1.29 is 18.0 Å². The summed E-state index contributed by atoms with van der Waals surface area (Å²) in [7, 11) is 1.88. The predicted molar refractivity (Wildman–Crippen MR) is 128 cm³/mol. The highest BCUT2D eigenvalue weighted by atomic mass is 19.4. The van der Waals surface area contributed by atoms with Gasteiger partial charge in [0.15, 0.2) is 0 Å². The molecular weight excluding hydrogens is 449 g/mol. The first kappa shape index (κ1) is 24.7. The molecule has 4 saturated carbocycles. The Morgan fingerprint density at radius 1 is 1.03 bits per heavy atom. The molecule has 0 bridgehead atoms. The molecule has 0 radical (unpaired) electrons. The van der Waals surface area contributed by atoms with Gasteiger partial charge < -0.3 is 4.90 Å². The Hall–Kier alpha value is -2.03. The standard InChI is InChI=1S/C29H37F3N2O/c1-28-14-13-23-22-10-8-21(29(30,31)32)15-20(22)7-9-24(23)25(28)11-12-26(28)27(35)34(2)17-19-5-3-18(16-33)4-6-19/h3-6,20-26H,7-15,17H2,1-2H3/t20?,21-,22?,23?,24?,25?,26+,28?/m0/s1. The summed E-state index contributed by atoms with van der Waals surface area (Å²) in [4.78, 5) is 15.5. The number of hydrogen-bond donors (Lipinski definition) is 0. The van der Waals surface area contributed by atoms with Gasteiger partial charge in [-0.1, -0.05) is 19.1 Å². The molecule has 0 N–H and O–H groups in total. The van der Waals surface area contributed by atoms with Crippen molar-refractivity contribution in [1.29, 1.82) is 5.26 Å². The molecular formula is C29H37F3N2O. The first-order chi connectivity index (χ1) is 16.6. The monoisotopic (exact) mass is 486 g/mol. The summed E-state index contributed by atoms with van der Waals surface area (Å²) in [6, 6.07) is 9.54. The van der Waals surface area contributed by atoms with Gasteiger partial charge in [0.05, 0.1) is 17.6 Å². The van der Waals surface area contributed by atoms with E-state index in [1.54, 1.807) is 12.1 Å². The highest BCUT2D eigenvalue weighted by Crippen LogP contribution is 2.65. The Balaban J connectivity index is 1.26. The van der Waals surface area contributed by atoms with Gasteiger partial charge in [-0.15, -0.1) is 0 Å². The van der Waals surface area contributed by atoms with Crippen LogP contribution >= 0.6 is 0 Å². The van der Waals surface area contributed by atoms with Crippen molar-refractivity contribution >= 4 is 5.91 Å². The maximum Gasteiger partial charge on any atom is 0.391 e. The van der Waals surface area contributed by atoms with E-state index in [0.29, 0.717) is 48.6 Å². The normalized spacial score (nSPS) is 38.6. The van der Waals surface area contributed by atoms with Crippen molar-refractivity contribution in [3.05, 3.63) is 35.4 Å². The molecule has 4 fully saturated rings. The lowest BCUT2D eigenvalue weighted by Crippen LogP contribution is -2.51. The quantitative estimate of drug-likeness (QED) is 0.463. The minimum Gasteiger partial charge on any atom is -0.341 e. The largest absolute Gasteiger partial charge is 0.391 e. The maximum absolute atomic E-state index is 13.6. The van der Waals surface area contributed by atoms with Crippen molar-refractivity contribution in [2.75, 3.05) is 7.05 Å². The van der Waals surface area contributed by atoms with E-state index in [1.807, 2.05) is 24.1 Å². The second kappa shape index (κ2) is 9.12. The number of carbonyl (C=O) groups is 1. The summed E-state index contributed by atoms with van der Waals surface area (Å²) >= 11 is 0. The molecule has 5 rings (SSSR count). The lowest BCUT2D eigenvalue weighted by molar-refractivity contribution is -0.196. The average Bonchev–Trinajstić information content (AvgIpc) is 3.20. The fourth-order valence-corrected chi connectivity index (χ4v) is 8.86. The molecule has 4 aliphatic rings. The van der Waals surface area contributed by atoms with E-state index >= 15 is 0 Å². The molecule has 8 atom stereocenters. The van der Waals surface area contributed by atoms with Crippen LogP contribution in [0.15, 0.2) is 24.3 Å². The number of nitriles is 1. The molecule has 0 aromatic heterocycles. The van der Waals surface area contributed by atoms with Gasteiger partial charge >= 0.3 is 6.18 Å². The lowest BCUT2D eigenvalue weighted by Gasteiger charge is -2.56. The first-order valence-electron chi connectivity index (χ1n) is 13.4. The lowest BCUT2D eigenvalue weighted by atomic mass is 9.49. The van der Waals surface area contributed by atoms with Crippen LogP contribution in [-0.2, 0) is 11.3 Å². The summed E-state index contributed by atoms with van der Waals surface area (Å²) < 4.78 is 40.1. The van der Waals surface area contributed by atoms with Crippen molar-refractivity contribution in [3.8, 4) is 6.07 Å². The van der Waals surface area contributed by atoms with Crippen LogP contribution in [0.25, 0.3) is 0 Å². The van der Waals surface area contributed by atoms with Crippen molar-refractivity contribution in [1.82, 2.24) is 4.90 Å². The van der Waals surface area contributed by atoms with Crippen LogP contribution < -0.4 is 0 Å². The predicted octanol–water partition coefficient (Wildman–Crippen LogP) is 6.96. The molecule has 0 aliphatic heterocycles. The van der Waals surface area contributed by atoms with E-state index < -0.39 is 12.1 Å². The number of fused-ring (bicyclic) bond motifs is 5. The third kappa shape index (κ3) is 4.38. The molecule has 1 amide bonds. The highest BCUT2D eigenvalue weighted by Gasteiger charge is 2.59. The number of nitrogens with zero attached hydrogens (tertiary/aromatic N) is 2. The number of rotatable bonds is 3.